The van der Waals surface area contributed by atoms with Crippen LogP contribution >= 0.6 is 46.4 Å². The predicted molar refractivity (Wildman–Crippen MR) is 112 cm³/mol. The van der Waals surface area contributed by atoms with Crippen molar-refractivity contribution in [3.63, 3.8) is 0 Å². The van der Waals surface area contributed by atoms with Crippen molar-refractivity contribution in [3.8, 4) is 0 Å². The summed E-state index contributed by atoms with van der Waals surface area (Å²) >= 11 is 23.6. The summed E-state index contributed by atoms with van der Waals surface area (Å²) in [6.45, 7) is 0. The van der Waals surface area contributed by atoms with E-state index in [2.05, 4.69) is 0 Å². The first kappa shape index (κ1) is 23.2. The molecule has 0 saturated heterocycles. The van der Waals surface area contributed by atoms with Gasteiger partial charge >= 0.3 is 0 Å². The largest absolute Gasteiger partial charge is 0.116 e. The number of hydrogen-bond donors (Lipinski definition) is 0. The molecule has 3 saturated carbocycles. The molecule has 4 heteroatoms. The first-order chi connectivity index (χ1) is 11.6. The van der Waals surface area contributed by atoms with Crippen molar-refractivity contribution in [2.45, 2.75) is 119 Å². The van der Waals surface area contributed by atoms with E-state index in [4.69, 9.17) is 46.4 Å². The van der Waals surface area contributed by atoms with Gasteiger partial charge < -0.3 is 0 Å². The number of rotatable bonds is 2. The molecule has 0 aromatic rings. The minimum atomic E-state index is -0.446. The summed E-state index contributed by atoms with van der Waals surface area (Å²) in [5.74, 6) is 0. The second-order valence-electron chi connectivity index (χ2n) is 7.64. The predicted octanol–water partition coefficient (Wildman–Crippen LogP) is 9.23. The Morgan fingerprint density at radius 1 is 0.375 bits per heavy atom. The third-order valence-electron chi connectivity index (χ3n) is 5.65. The molecule has 0 N–H and O–H groups in total. The Morgan fingerprint density at radius 2 is 0.583 bits per heavy atom. The van der Waals surface area contributed by atoms with Crippen LogP contribution in [-0.4, -0.2) is 9.67 Å². The van der Waals surface area contributed by atoms with Crippen LogP contribution in [0, 0.1) is 5.41 Å². The van der Waals surface area contributed by atoms with Crippen LogP contribution in [0.5, 0.6) is 0 Å². The van der Waals surface area contributed by atoms with E-state index < -0.39 is 9.67 Å². The Labute approximate surface area is 170 Å². The Bertz CT molecular complexity index is 232. The molecule has 3 aliphatic carbocycles. The maximum Gasteiger partial charge on any atom is 0.116 e. The molecule has 3 rings (SSSR count). The van der Waals surface area contributed by atoms with Crippen LogP contribution in [0.15, 0.2) is 0 Å². The zero-order valence-electron chi connectivity index (χ0n) is 15.2. The molecule has 3 fully saturated rings. The van der Waals surface area contributed by atoms with Crippen molar-refractivity contribution >= 4 is 46.4 Å². The summed E-state index contributed by atoms with van der Waals surface area (Å²) in [6, 6.07) is 0. The molecular weight excluding hydrogens is 382 g/mol. The molecule has 0 aromatic carbocycles. The highest BCUT2D eigenvalue weighted by Gasteiger charge is 2.43. The topological polar surface area (TPSA) is 0 Å². The highest BCUT2D eigenvalue weighted by molar-refractivity contribution is 6.49. The second-order valence-corrected chi connectivity index (χ2v) is 9.83. The average molecular weight is 418 g/mol. The molecule has 0 aromatic heterocycles. The van der Waals surface area contributed by atoms with Crippen LogP contribution in [0.4, 0.5) is 0 Å². The minimum absolute atomic E-state index is 0.259. The van der Waals surface area contributed by atoms with Crippen LogP contribution in [0.3, 0.4) is 0 Å². The van der Waals surface area contributed by atoms with E-state index in [1.807, 2.05) is 0 Å². The number of halogens is 4. The highest BCUT2D eigenvalue weighted by Crippen LogP contribution is 2.49. The normalized spacial score (nSPS) is 23.8. The van der Waals surface area contributed by atoms with Gasteiger partial charge in [-0.1, -0.05) is 96.3 Å². The summed E-state index contributed by atoms with van der Waals surface area (Å²) in [7, 11) is 0. The Kier molecular flexibility index (Phi) is 13.8. The first-order valence-electron chi connectivity index (χ1n) is 10.2. The summed E-state index contributed by atoms with van der Waals surface area (Å²) in [4.78, 5) is -0.893. The molecular formula is C20H36Cl4. The van der Waals surface area contributed by atoms with Crippen LogP contribution in [0.25, 0.3) is 0 Å². The zero-order valence-corrected chi connectivity index (χ0v) is 18.2. The fraction of sp³-hybridized carbons (Fsp3) is 1.00. The van der Waals surface area contributed by atoms with E-state index in [0.717, 1.165) is 25.7 Å². The van der Waals surface area contributed by atoms with Gasteiger partial charge in [-0.25, -0.2) is 0 Å². The van der Waals surface area contributed by atoms with Gasteiger partial charge in [0.25, 0.3) is 0 Å². The van der Waals surface area contributed by atoms with E-state index in [9.17, 15) is 0 Å². The SMILES string of the molecule is C1CCCCC1.C1CCCCC1.ClC(Cl)C1(C(Cl)Cl)CCCCC1. The monoisotopic (exact) mass is 416 g/mol. The fourth-order valence-electron chi connectivity index (χ4n) is 3.86. The van der Waals surface area contributed by atoms with E-state index in [1.165, 1.54) is 83.5 Å². The third kappa shape index (κ3) is 9.20. The van der Waals surface area contributed by atoms with Crippen molar-refractivity contribution in [2.75, 3.05) is 0 Å². The zero-order chi connectivity index (χ0) is 17.7. The smallest absolute Gasteiger partial charge is 0.105 e. The summed E-state index contributed by atoms with van der Waals surface area (Å²) in [5, 5.41) is 0. The van der Waals surface area contributed by atoms with E-state index in [0.29, 0.717) is 0 Å². The molecule has 0 atom stereocenters. The van der Waals surface area contributed by atoms with Gasteiger partial charge in [0.15, 0.2) is 0 Å². The van der Waals surface area contributed by atoms with Gasteiger partial charge in [-0.3, -0.25) is 0 Å². The van der Waals surface area contributed by atoms with Gasteiger partial charge in [0.2, 0.25) is 0 Å². The lowest BCUT2D eigenvalue weighted by atomic mass is 9.77. The molecule has 144 valence electrons. The molecule has 0 spiro atoms. The van der Waals surface area contributed by atoms with Gasteiger partial charge in [-0.2, -0.15) is 0 Å². The molecule has 0 radical (unpaired) electrons. The van der Waals surface area contributed by atoms with E-state index in [-0.39, 0.29) is 5.41 Å². The van der Waals surface area contributed by atoms with Gasteiger partial charge in [0, 0.05) is 5.41 Å². The van der Waals surface area contributed by atoms with Crippen molar-refractivity contribution in [1.29, 1.82) is 0 Å². The minimum Gasteiger partial charge on any atom is -0.105 e. The lowest BCUT2D eigenvalue weighted by Gasteiger charge is -2.39. The Morgan fingerprint density at radius 3 is 0.750 bits per heavy atom. The number of hydrogen-bond acceptors (Lipinski definition) is 0. The third-order valence-corrected chi connectivity index (χ3v) is 7.39. The standard InChI is InChI=1S/C8H12Cl4.2C6H12/c9-6(10)8(7(11)12)4-2-1-3-5-8;2*1-2-4-6-5-3-1/h6-7H,1-5H2;2*1-6H2. The second kappa shape index (κ2) is 14.2. The van der Waals surface area contributed by atoms with Crippen LogP contribution in [-0.2, 0) is 0 Å². The lowest BCUT2D eigenvalue weighted by molar-refractivity contribution is 0.226. The summed E-state index contributed by atoms with van der Waals surface area (Å²) in [5.41, 5.74) is -0.259. The maximum atomic E-state index is 5.90. The highest BCUT2D eigenvalue weighted by atomic mass is 35.5. The molecule has 0 amide bonds. The lowest BCUT2D eigenvalue weighted by Crippen LogP contribution is -2.36. The Balaban J connectivity index is 0.000000200. The van der Waals surface area contributed by atoms with Crippen LogP contribution < -0.4 is 0 Å². The molecule has 3 aliphatic rings. The molecule has 0 unspecified atom stereocenters. The quantitative estimate of drug-likeness (QED) is 0.392. The molecule has 24 heavy (non-hydrogen) atoms. The van der Waals surface area contributed by atoms with E-state index >= 15 is 0 Å². The molecule has 0 heterocycles. The maximum absolute atomic E-state index is 5.90. The van der Waals surface area contributed by atoms with Gasteiger partial charge in [-0.15, -0.1) is 46.4 Å². The molecule has 0 bridgehead atoms. The van der Waals surface area contributed by atoms with Crippen molar-refractivity contribution in [3.05, 3.63) is 0 Å². The van der Waals surface area contributed by atoms with E-state index in [1.54, 1.807) is 0 Å². The molecule has 0 nitrogen and oxygen atoms in total. The van der Waals surface area contributed by atoms with Crippen molar-refractivity contribution in [2.24, 2.45) is 5.41 Å². The van der Waals surface area contributed by atoms with Gasteiger partial charge in [-0.05, 0) is 12.8 Å². The van der Waals surface area contributed by atoms with Crippen LogP contribution in [0.2, 0.25) is 0 Å². The van der Waals surface area contributed by atoms with Crippen LogP contribution in [0.1, 0.15) is 109 Å². The summed E-state index contributed by atoms with van der Waals surface area (Å²) in [6.07, 6.45) is 23.4. The van der Waals surface area contributed by atoms with Crippen molar-refractivity contribution in [1.82, 2.24) is 0 Å². The molecule has 0 aliphatic heterocycles. The fourth-order valence-corrected chi connectivity index (χ4v) is 5.50. The average Bonchev–Trinajstić information content (AvgIpc) is 2.66. The number of alkyl halides is 4. The summed E-state index contributed by atoms with van der Waals surface area (Å²) < 4.78 is 0. The van der Waals surface area contributed by atoms with Gasteiger partial charge in [0.1, 0.15) is 9.67 Å². The van der Waals surface area contributed by atoms with Gasteiger partial charge in [0.05, 0.1) is 0 Å². The Hall–Kier alpha value is 1.16. The first-order valence-corrected chi connectivity index (χ1v) is 11.9. The van der Waals surface area contributed by atoms with Crippen molar-refractivity contribution < 1.29 is 0 Å².